The van der Waals surface area contributed by atoms with Gasteiger partial charge in [0, 0.05) is 18.4 Å². The molecule has 2 aromatic carbocycles. The quantitative estimate of drug-likeness (QED) is 0.726. The first-order valence-corrected chi connectivity index (χ1v) is 9.23. The molecule has 7 heteroatoms. The average Bonchev–Trinajstić information content (AvgIpc) is 3.07. The van der Waals surface area contributed by atoms with Crippen LogP contribution in [0.15, 0.2) is 42.5 Å². The van der Waals surface area contributed by atoms with E-state index in [9.17, 15) is 4.79 Å². The third-order valence-corrected chi connectivity index (χ3v) is 4.84. The second-order valence-electron chi connectivity index (χ2n) is 6.76. The van der Waals surface area contributed by atoms with Crippen molar-refractivity contribution in [1.82, 2.24) is 20.1 Å². The first-order valence-electron chi connectivity index (χ1n) is 9.23. The second-order valence-corrected chi connectivity index (χ2v) is 6.76. The molecule has 0 spiro atoms. The van der Waals surface area contributed by atoms with Gasteiger partial charge in [0.05, 0.1) is 0 Å². The summed E-state index contributed by atoms with van der Waals surface area (Å²) in [5, 5.41) is 12.7. The van der Waals surface area contributed by atoms with Crippen LogP contribution in [0.5, 0.6) is 5.75 Å². The summed E-state index contributed by atoms with van der Waals surface area (Å²) in [7, 11) is 1.79. The van der Waals surface area contributed by atoms with Gasteiger partial charge in [-0.15, -0.1) is 0 Å². The number of nitrogens with one attached hydrogen (secondary N) is 2. The lowest BCUT2D eigenvalue weighted by Crippen LogP contribution is -2.27. The van der Waals surface area contributed by atoms with Crippen LogP contribution in [0.4, 0.5) is 5.95 Å². The smallest absolute Gasteiger partial charge is 0.264 e. The Labute approximate surface area is 157 Å². The second kappa shape index (κ2) is 7.75. The summed E-state index contributed by atoms with van der Waals surface area (Å²) in [5.74, 6) is 2.03. The Morgan fingerprint density at radius 1 is 1.22 bits per heavy atom. The summed E-state index contributed by atoms with van der Waals surface area (Å²) in [5.41, 5.74) is 0. The molecule has 1 fully saturated rings. The molecule has 1 aliphatic rings. The molecular weight excluding hydrogens is 342 g/mol. The van der Waals surface area contributed by atoms with Crippen LogP contribution >= 0.6 is 0 Å². The van der Waals surface area contributed by atoms with Crippen molar-refractivity contribution < 1.29 is 9.53 Å². The number of hydrogen-bond donors (Lipinski definition) is 2. The van der Waals surface area contributed by atoms with Gasteiger partial charge in [-0.25, -0.2) is 4.68 Å². The van der Waals surface area contributed by atoms with E-state index >= 15 is 0 Å². The number of nitrogens with zero attached hydrogens (tertiary/aromatic N) is 3. The molecule has 2 heterocycles. The van der Waals surface area contributed by atoms with Crippen LogP contribution in [0, 0.1) is 0 Å². The first kappa shape index (κ1) is 17.5. The van der Waals surface area contributed by atoms with E-state index in [1.54, 1.807) is 11.7 Å². The zero-order valence-corrected chi connectivity index (χ0v) is 15.3. The van der Waals surface area contributed by atoms with Gasteiger partial charge in [-0.05, 0) is 37.4 Å². The molecule has 0 saturated carbocycles. The van der Waals surface area contributed by atoms with Crippen molar-refractivity contribution >= 4 is 22.6 Å². The molecule has 2 N–H and O–H groups in total. The molecular formula is C20H23N5O2. The topological polar surface area (TPSA) is 81.1 Å². The monoisotopic (exact) mass is 365 g/mol. The van der Waals surface area contributed by atoms with Gasteiger partial charge < -0.3 is 10.1 Å². The minimum Gasteiger partial charge on any atom is -0.483 e. The fourth-order valence-corrected chi connectivity index (χ4v) is 3.39. The Bertz CT molecular complexity index is 941. The number of amides is 1. The van der Waals surface area contributed by atoms with Crippen molar-refractivity contribution in [1.29, 1.82) is 0 Å². The minimum absolute atomic E-state index is 0.0798. The number of fused-ring (bicyclic) bond motifs is 1. The number of rotatable bonds is 5. The van der Waals surface area contributed by atoms with Gasteiger partial charge in [-0.2, -0.15) is 10.1 Å². The lowest BCUT2D eigenvalue weighted by atomic mass is 9.98. The number of anilines is 1. The van der Waals surface area contributed by atoms with Gasteiger partial charge in [0.1, 0.15) is 5.75 Å². The lowest BCUT2D eigenvalue weighted by Gasteiger charge is -2.19. The first-order chi connectivity index (χ1) is 13.2. The highest BCUT2D eigenvalue weighted by Gasteiger charge is 2.21. The fourth-order valence-electron chi connectivity index (χ4n) is 3.39. The van der Waals surface area contributed by atoms with Crippen LogP contribution < -0.4 is 15.4 Å². The Kier molecular flexibility index (Phi) is 5.02. The normalized spacial score (nSPS) is 15.0. The number of aryl methyl sites for hydroxylation is 1. The molecule has 140 valence electrons. The zero-order valence-electron chi connectivity index (χ0n) is 15.3. The third kappa shape index (κ3) is 3.93. The summed E-state index contributed by atoms with van der Waals surface area (Å²) in [6.07, 6.45) is 2.03. The van der Waals surface area contributed by atoms with E-state index in [-0.39, 0.29) is 12.5 Å². The molecule has 7 nitrogen and oxygen atoms in total. The fraction of sp³-hybridized carbons (Fsp3) is 0.350. The summed E-state index contributed by atoms with van der Waals surface area (Å²) < 4.78 is 7.36. The molecule has 0 aliphatic carbocycles. The van der Waals surface area contributed by atoms with Crippen molar-refractivity contribution in [3.8, 4) is 5.75 Å². The van der Waals surface area contributed by atoms with Crippen molar-refractivity contribution in [2.24, 2.45) is 7.05 Å². The van der Waals surface area contributed by atoms with E-state index in [2.05, 4.69) is 20.7 Å². The van der Waals surface area contributed by atoms with Gasteiger partial charge in [0.15, 0.2) is 12.4 Å². The molecule has 0 unspecified atom stereocenters. The number of piperidine rings is 1. The van der Waals surface area contributed by atoms with Gasteiger partial charge in [0.25, 0.3) is 5.91 Å². The summed E-state index contributed by atoms with van der Waals surface area (Å²) >= 11 is 0. The predicted octanol–water partition coefficient (Wildman–Crippen LogP) is 2.45. The van der Waals surface area contributed by atoms with Crippen LogP contribution in [0.3, 0.4) is 0 Å². The number of ether oxygens (including phenoxy) is 1. The van der Waals surface area contributed by atoms with Crippen LogP contribution in [0.25, 0.3) is 10.8 Å². The SMILES string of the molecule is Cn1nc(C2CCNCC2)nc1NC(=O)COc1cccc2ccccc12. The van der Waals surface area contributed by atoms with Crippen LogP contribution in [-0.4, -0.2) is 40.4 Å². The maximum Gasteiger partial charge on any atom is 0.264 e. The molecule has 1 aliphatic heterocycles. The van der Waals surface area contributed by atoms with E-state index in [0.717, 1.165) is 42.5 Å². The van der Waals surface area contributed by atoms with Crippen molar-refractivity contribution in [3.05, 3.63) is 48.3 Å². The molecule has 0 bridgehead atoms. The lowest BCUT2D eigenvalue weighted by molar-refractivity contribution is -0.118. The number of aromatic nitrogens is 3. The van der Waals surface area contributed by atoms with Crippen molar-refractivity contribution in [2.75, 3.05) is 25.0 Å². The van der Waals surface area contributed by atoms with Crippen LogP contribution in [-0.2, 0) is 11.8 Å². The summed E-state index contributed by atoms with van der Waals surface area (Å²) in [6, 6.07) is 13.7. The predicted molar refractivity (Wildman–Crippen MR) is 104 cm³/mol. The highest BCUT2D eigenvalue weighted by molar-refractivity contribution is 5.91. The standard InChI is InChI=1S/C20H23N5O2/c1-25-20(23-19(24-25)15-9-11-21-12-10-15)22-18(26)13-27-17-8-4-6-14-5-2-3-7-16(14)17/h2-8,15,21H,9-13H2,1H3,(H,22,23,24,26). The molecule has 3 aromatic rings. The summed E-state index contributed by atoms with van der Waals surface area (Å²) in [6.45, 7) is 1.87. The largest absolute Gasteiger partial charge is 0.483 e. The van der Waals surface area contributed by atoms with E-state index in [0.29, 0.717) is 17.6 Å². The van der Waals surface area contributed by atoms with E-state index < -0.39 is 0 Å². The van der Waals surface area contributed by atoms with E-state index in [1.165, 1.54) is 0 Å². The Morgan fingerprint density at radius 3 is 2.85 bits per heavy atom. The highest BCUT2D eigenvalue weighted by atomic mass is 16.5. The van der Waals surface area contributed by atoms with E-state index in [1.807, 2.05) is 42.5 Å². The van der Waals surface area contributed by atoms with Crippen molar-refractivity contribution in [2.45, 2.75) is 18.8 Å². The van der Waals surface area contributed by atoms with Gasteiger partial charge >= 0.3 is 0 Å². The van der Waals surface area contributed by atoms with Gasteiger partial charge in [-0.1, -0.05) is 36.4 Å². The number of hydrogen-bond acceptors (Lipinski definition) is 5. The maximum atomic E-state index is 12.3. The average molecular weight is 365 g/mol. The molecule has 4 rings (SSSR count). The molecule has 1 aromatic heterocycles. The number of carbonyl (C=O) groups excluding carboxylic acids is 1. The number of carbonyl (C=O) groups is 1. The maximum absolute atomic E-state index is 12.3. The molecule has 0 atom stereocenters. The molecule has 0 radical (unpaired) electrons. The van der Waals surface area contributed by atoms with Crippen LogP contribution in [0.1, 0.15) is 24.6 Å². The Hall–Kier alpha value is -2.93. The minimum atomic E-state index is -0.254. The van der Waals surface area contributed by atoms with Crippen molar-refractivity contribution in [3.63, 3.8) is 0 Å². The molecule has 27 heavy (non-hydrogen) atoms. The van der Waals surface area contributed by atoms with Crippen LogP contribution in [0.2, 0.25) is 0 Å². The Morgan fingerprint density at radius 2 is 2.00 bits per heavy atom. The zero-order chi connectivity index (χ0) is 18.6. The van der Waals surface area contributed by atoms with Gasteiger partial charge in [0.2, 0.25) is 5.95 Å². The van der Waals surface area contributed by atoms with Gasteiger partial charge in [-0.3, -0.25) is 10.1 Å². The Balaban J connectivity index is 1.40. The number of benzene rings is 2. The molecule has 1 amide bonds. The third-order valence-electron chi connectivity index (χ3n) is 4.84. The summed E-state index contributed by atoms with van der Waals surface area (Å²) in [4.78, 5) is 16.8. The molecule has 1 saturated heterocycles. The van der Waals surface area contributed by atoms with E-state index in [4.69, 9.17) is 4.74 Å². The highest BCUT2D eigenvalue weighted by Crippen LogP contribution is 2.25.